The van der Waals surface area contributed by atoms with Crippen LogP contribution in [0.1, 0.15) is 13.3 Å². The highest BCUT2D eigenvalue weighted by molar-refractivity contribution is 7.89. The van der Waals surface area contributed by atoms with Crippen LogP contribution in [-0.2, 0) is 10.0 Å². The maximum atomic E-state index is 13.4. The Bertz CT molecular complexity index is 530. The van der Waals surface area contributed by atoms with Crippen molar-refractivity contribution in [3.8, 4) is 0 Å². The van der Waals surface area contributed by atoms with E-state index >= 15 is 0 Å². The largest absolute Gasteiger partial charge is 0.329 e. The summed E-state index contributed by atoms with van der Waals surface area (Å²) in [5.41, 5.74) is 5.31. The van der Waals surface area contributed by atoms with Gasteiger partial charge in [-0.25, -0.2) is 26.3 Å². The molecule has 0 saturated carbocycles. The number of hydrogen-bond acceptors (Lipinski definition) is 3. The van der Waals surface area contributed by atoms with Gasteiger partial charge in [0.2, 0.25) is 10.0 Å². The van der Waals surface area contributed by atoms with E-state index in [-0.39, 0.29) is 6.54 Å². The summed E-state index contributed by atoms with van der Waals surface area (Å²) in [6.07, 6.45) is 0.390. The van der Waals surface area contributed by atoms with E-state index in [1.165, 1.54) is 0 Å². The first-order valence-electron chi connectivity index (χ1n) is 5.19. The van der Waals surface area contributed by atoms with Crippen LogP contribution in [0.25, 0.3) is 0 Å². The Hall–Kier alpha value is -1.12. The molecule has 102 valence electrons. The first kappa shape index (κ1) is 14.9. The standard InChI is InChI=1S/C10H13F3N2O2S/c1-2-6(5-14)15-18(16,17)8-4-3-7(11)9(12)10(8)13/h3-4,6,15H,2,5,14H2,1H3. The third-order valence-corrected chi connectivity index (χ3v) is 3.93. The van der Waals surface area contributed by atoms with Crippen LogP contribution in [0.5, 0.6) is 0 Å². The molecule has 1 atom stereocenters. The van der Waals surface area contributed by atoms with Crippen LogP contribution in [-0.4, -0.2) is 21.0 Å². The molecule has 0 saturated heterocycles. The first-order chi connectivity index (χ1) is 8.33. The highest BCUT2D eigenvalue weighted by Crippen LogP contribution is 2.19. The lowest BCUT2D eigenvalue weighted by atomic mass is 10.2. The van der Waals surface area contributed by atoms with Gasteiger partial charge in [-0.05, 0) is 18.6 Å². The fraction of sp³-hybridized carbons (Fsp3) is 0.400. The molecule has 1 aromatic rings. The third kappa shape index (κ3) is 3.01. The quantitative estimate of drug-likeness (QED) is 0.795. The molecule has 1 unspecified atom stereocenters. The van der Waals surface area contributed by atoms with Gasteiger partial charge in [-0.15, -0.1) is 0 Å². The lowest BCUT2D eigenvalue weighted by Gasteiger charge is -2.15. The Labute approximate surface area is 103 Å². The number of nitrogens with two attached hydrogens (primary N) is 1. The molecule has 0 radical (unpaired) electrons. The van der Waals surface area contributed by atoms with E-state index in [2.05, 4.69) is 4.72 Å². The van der Waals surface area contributed by atoms with Crippen molar-refractivity contribution in [2.24, 2.45) is 5.73 Å². The van der Waals surface area contributed by atoms with Gasteiger partial charge in [0.25, 0.3) is 0 Å². The molecule has 3 N–H and O–H groups in total. The summed E-state index contributed by atoms with van der Waals surface area (Å²) >= 11 is 0. The van der Waals surface area contributed by atoms with Gasteiger partial charge in [0.15, 0.2) is 17.5 Å². The lowest BCUT2D eigenvalue weighted by Crippen LogP contribution is -2.40. The average molecular weight is 282 g/mol. The summed E-state index contributed by atoms with van der Waals surface area (Å²) in [7, 11) is -4.27. The van der Waals surface area contributed by atoms with Crippen LogP contribution in [0.15, 0.2) is 17.0 Å². The smallest absolute Gasteiger partial charge is 0.243 e. The Morgan fingerprint density at radius 2 is 1.89 bits per heavy atom. The van der Waals surface area contributed by atoms with Crippen molar-refractivity contribution in [3.63, 3.8) is 0 Å². The molecular formula is C10H13F3N2O2S. The number of rotatable bonds is 5. The second kappa shape index (κ2) is 5.68. The molecule has 0 fully saturated rings. The van der Waals surface area contributed by atoms with Gasteiger partial charge in [-0.3, -0.25) is 0 Å². The van der Waals surface area contributed by atoms with Gasteiger partial charge in [0, 0.05) is 12.6 Å². The second-order valence-corrected chi connectivity index (χ2v) is 5.32. The molecule has 0 amide bonds. The van der Waals surface area contributed by atoms with Gasteiger partial charge in [-0.1, -0.05) is 6.92 Å². The number of benzene rings is 1. The molecule has 0 bridgehead atoms. The molecule has 1 aromatic carbocycles. The van der Waals surface area contributed by atoms with Crippen molar-refractivity contribution in [1.82, 2.24) is 4.72 Å². The normalized spacial score (nSPS) is 13.6. The van der Waals surface area contributed by atoms with Gasteiger partial charge in [0.1, 0.15) is 4.90 Å². The summed E-state index contributed by atoms with van der Waals surface area (Å²) in [6.45, 7) is 1.70. The second-order valence-electron chi connectivity index (χ2n) is 3.64. The van der Waals surface area contributed by atoms with Crippen LogP contribution in [0, 0.1) is 17.5 Å². The molecule has 0 heterocycles. The summed E-state index contributed by atoms with van der Waals surface area (Å²) in [5, 5.41) is 0. The fourth-order valence-corrected chi connectivity index (χ4v) is 2.70. The van der Waals surface area contributed by atoms with Crippen molar-refractivity contribution in [1.29, 1.82) is 0 Å². The maximum Gasteiger partial charge on any atom is 0.243 e. The molecule has 18 heavy (non-hydrogen) atoms. The summed E-state index contributed by atoms with van der Waals surface area (Å²) in [5.74, 6) is -5.01. The first-order valence-corrected chi connectivity index (χ1v) is 6.67. The molecular weight excluding hydrogens is 269 g/mol. The monoisotopic (exact) mass is 282 g/mol. The highest BCUT2D eigenvalue weighted by atomic mass is 32.2. The topological polar surface area (TPSA) is 72.2 Å². The zero-order chi connectivity index (χ0) is 13.9. The number of halogens is 3. The zero-order valence-electron chi connectivity index (χ0n) is 9.58. The molecule has 0 aliphatic heterocycles. The minimum Gasteiger partial charge on any atom is -0.329 e. The van der Waals surface area contributed by atoms with E-state index in [4.69, 9.17) is 5.73 Å². The predicted octanol–water partition coefficient (Wildman–Crippen LogP) is 1.12. The minimum atomic E-state index is -4.27. The Morgan fingerprint density at radius 3 is 2.39 bits per heavy atom. The van der Waals surface area contributed by atoms with Crippen LogP contribution >= 0.6 is 0 Å². The molecule has 0 spiro atoms. The molecule has 0 aliphatic carbocycles. The Kier molecular flexibility index (Phi) is 4.71. The van der Waals surface area contributed by atoms with Crippen molar-refractivity contribution in [3.05, 3.63) is 29.6 Å². The highest BCUT2D eigenvalue weighted by Gasteiger charge is 2.25. The summed E-state index contributed by atoms with van der Waals surface area (Å²) < 4.78 is 64.6. The van der Waals surface area contributed by atoms with E-state index in [1.54, 1.807) is 6.92 Å². The Balaban J connectivity index is 3.17. The minimum absolute atomic E-state index is 0.0149. The average Bonchev–Trinajstić information content (AvgIpc) is 2.32. The molecule has 0 aliphatic rings. The number of nitrogens with one attached hydrogen (secondary N) is 1. The van der Waals surface area contributed by atoms with E-state index < -0.39 is 38.4 Å². The van der Waals surface area contributed by atoms with Crippen LogP contribution in [0.3, 0.4) is 0 Å². The maximum absolute atomic E-state index is 13.4. The summed E-state index contributed by atoms with van der Waals surface area (Å²) in [4.78, 5) is -0.937. The van der Waals surface area contributed by atoms with Crippen molar-refractivity contribution < 1.29 is 21.6 Å². The van der Waals surface area contributed by atoms with Crippen LogP contribution < -0.4 is 10.5 Å². The molecule has 1 rings (SSSR count). The summed E-state index contributed by atoms with van der Waals surface area (Å²) in [6, 6.07) is 0.623. The van der Waals surface area contributed by atoms with Crippen molar-refractivity contribution >= 4 is 10.0 Å². The SMILES string of the molecule is CCC(CN)NS(=O)(=O)c1ccc(F)c(F)c1F. The lowest BCUT2D eigenvalue weighted by molar-refractivity contribution is 0.430. The zero-order valence-corrected chi connectivity index (χ0v) is 10.4. The van der Waals surface area contributed by atoms with Crippen LogP contribution in [0.4, 0.5) is 13.2 Å². The van der Waals surface area contributed by atoms with Gasteiger partial charge in [-0.2, -0.15) is 0 Å². The van der Waals surface area contributed by atoms with E-state index in [0.29, 0.717) is 18.6 Å². The van der Waals surface area contributed by atoms with Gasteiger partial charge < -0.3 is 5.73 Å². The predicted molar refractivity (Wildman–Crippen MR) is 59.8 cm³/mol. The molecule has 4 nitrogen and oxygen atoms in total. The number of hydrogen-bond donors (Lipinski definition) is 2. The molecule has 0 aromatic heterocycles. The molecule has 8 heteroatoms. The van der Waals surface area contributed by atoms with Gasteiger partial charge in [0.05, 0.1) is 0 Å². The van der Waals surface area contributed by atoms with E-state index in [0.717, 1.165) is 0 Å². The third-order valence-electron chi connectivity index (χ3n) is 2.39. The van der Waals surface area contributed by atoms with E-state index in [9.17, 15) is 21.6 Å². The van der Waals surface area contributed by atoms with Crippen molar-refractivity contribution in [2.75, 3.05) is 6.54 Å². The number of sulfonamides is 1. The van der Waals surface area contributed by atoms with E-state index in [1.807, 2.05) is 0 Å². The van der Waals surface area contributed by atoms with Crippen molar-refractivity contribution in [2.45, 2.75) is 24.3 Å². The Morgan fingerprint density at radius 1 is 1.28 bits per heavy atom. The van der Waals surface area contributed by atoms with Crippen LogP contribution in [0.2, 0.25) is 0 Å². The fourth-order valence-electron chi connectivity index (χ4n) is 1.30. The van der Waals surface area contributed by atoms with Gasteiger partial charge >= 0.3 is 0 Å².